The van der Waals surface area contributed by atoms with Crippen molar-refractivity contribution >= 4 is 15.9 Å². The third kappa shape index (κ3) is 4.48. The molecule has 0 aliphatic carbocycles. The fourth-order valence-electron chi connectivity index (χ4n) is 3.02. The van der Waals surface area contributed by atoms with E-state index < -0.39 is 16.1 Å². The van der Waals surface area contributed by atoms with E-state index in [0.717, 1.165) is 5.56 Å². The minimum absolute atomic E-state index is 0.132. The first-order valence-electron chi connectivity index (χ1n) is 8.95. The van der Waals surface area contributed by atoms with Gasteiger partial charge >= 0.3 is 0 Å². The summed E-state index contributed by atoms with van der Waals surface area (Å²) in [6, 6.07) is 15.9. The second-order valence-corrected chi connectivity index (χ2v) is 8.55. The largest absolute Gasteiger partial charge is 0.481 e. The summed E-state index contributed by atoms with van der Waals surface area (Å²) in [5.41, 5.74) is 1.12. The molecule has 0 radical (unpaired) electrons. The van der Waals surface area contributed by atoms with Gasteiger partial charge in [0.15, 0.2) is 6.10 Å². The zero-order chi connectivity index (χ0) is 19.4. The molecule has 1 aliphatic rings. The van der Waals surface area contributed by atoms with Gasteiger partial charge < -0.3 is 9.64 Å². The summed E-state index contributed by atoms with van der Waals surface area (Å²) in [5.74, 6) is 0.513. The normalized spacial score (nSPS) is 16.7. The smallest absolute Gasteiger partial charge is 0.263 e. The Morgan fingerprint density at radius 2 is 1.56 bits per heavy atom. The molecule has 1 saturated heterocycles. The standard InChI is InChI=1S/C20H24N2O4S/c1-16-8-10-18(11-9-16)26-17(2)20(23)21-12-14-22(15-13-21)27(24,25)19-6-4-3-5-7-19/h3-11,17H,12-15H2,1-2H3/t17-/m0/s1. The second-order valence-electron chi connectivity index (χ2n) is 6.62. The van der Waals surface area contributed by atoms with Gasteiger partial charge in [0.1, 0.15) is 5.75 Å². The van der Waals surface area contributed by atoms with Crippen LogP contribution in [0.15, 0.2) is 59.5 Å². The Morgan fingerprint density at radius 1 is 0.963 bits per heavy atom. The first-order chi connectivity index (χ1) is 12.9. The Labute approximate surface area is 160 Å². The van der Waals surface area contributed by atoms with Crippen molar-refractivity contribution in [3.05, 3.63) is 60.2 Å². The highest BCUT2D eigenvalue weighted by molar-refractivity contribution is 7.89. The van der Waals surface area contributed by atoms with Gasteiger partial charge in [-0.05, 0) is 38.1 Å². The molecule has 0 N–H and O–H groups in total. The van der Waals surface area contributed by atoms with E-state index in [1.165, 1.54) is 4.31 Å². The van der Waals surface area contributed by atoms with Crippen molar-refractivity contribution in [2.75, 3.05) is 26.2 Å². The van der Waals surface area contributed by atoms with Crippen molar-refractivity contribution in [3.63, 3.8) is 0 Å². The van der Waals surface area contributed by atoms with Gasteiger partial charge in [-0.1, -0.05) is 35.9 Å². The maximum Gasteiger partial charge on any atom is 0.263 e. The van der Waals surface area contributed by atoms with Crippen LogP contribution >= 0.6 is 0 Å². The molecular weight excluding hydrogens is 364 g/mol. The maximum atomic E-state index is 12.7. The van der Waals surface area contributed by atoms with E-state index in [9.17, 15) is 13.2 Å². The molecule has 3 rings (SSSR count). The molecule has 0 spiro atoms. The SMILES string of the molecule is Cc1ccc(O[C@@H](C)C(=O)N2CCN(S(=O)(=O)c3ccccc3)CC2)cc1. The monoisotopic (exact) mass is 388 g/mol. The summed E-state index contributed by atoms with van der Waals surface area (Å²) >= 11 is 0. The fraction of sp³-hybridized carbons (Fsp3) is 0.350. The quantitative estimate of drug-likeness (QED) is 0.788. The molecule has 6 nitrogen and oxygen atoms in total. The van der Waals surface area contributed by atoms with Crippen LogP contribution in [-0.4, -0.2) is 55.8 Å². The Bertz CT molecular complexity index is 874. The Balaban J connectivity index is 1.58. The molecule has 1 aliphatic heterocycles. The molecule has 1 heterocycles. The average molecular weight is 388 g/mol. The summed E-state index contributed by atoms with van der Waals surface area (Å²) in [4.78, 5) is 14.6. The Kier molecular flexibility index (Phi) is 5.82. The zero-order valence-electron chi connectivity index (χ0n) is 15.5. The summed E-state index contributed by atoms with van der Waals surface area (Å²) in [7, 11) is -3.52. The molecule has 144 valence electrons. The molecule has 7 heteroatoms. The number of aryl methyl sites for hydroxylation is 1. The number of rotatable bonds is 5. The number of hydrogen-bond acceptors (Lipinski definition) is 4. The number of sulfonamides is 1. The second kappa shape index (κ2) is 8.10. The van der Waals surface area contributed by atoms with E-state index in [-0.39, 0.29) is 23.9 Å². The van der Waals surface area contributed by atoms with Crippen molar-refractivity contribution in [1.29, 1.82) is 0 Å². The topological polar surface area (TPSA) is 66.9 Å². The van der Waals surface area contributed by atoms with Crippen LogP contribution in [0.2, 0.25) is 0 Å². The Hall–Kier alpha value is -2.38. The Morgan fingerprint density at radius 3 is 2.15 bits per heavy atom. The van der Waals surface area contributed by atoms with Crippen LogP contribution in [0.1, 0.15) is 12.5 Å². The predicted octanol–water partition coefficient (Wildman–Crippen LogP) is 2.30. The van der Waals surface area contributed by atoms with Crippen molar-refractivity contribution < 1.29 is 17.9 Å². The lowest BCUT2D eigenvalue weighted by Crippen LogP contribution is -2.53. The van der Waals surface area contributed by atoms with Crippen LogP contribution in [0.5, 0.6) is 5.75 Å². The van der Waals surface area contributed by atoms with Gasteiger partial charge in [-0.15, -0.1) is 0 Å². The predicted molar refractivity (Wildman–Crippen MR) is 103 cm³/mol. The summed E-state index contributed by atoms with van der Waals surface area (Å²) in [6.45, 7) is 4.97. The highest BCUT2D eigenvalue weighted by atomic mass is 32.2. The molecule has 2 aromatic carbocycles. The summed E-state index contributed by atoms with van der Waals surface area (Å²) in [5, 5.41) is 0. The van der Waals surface area contributed by atoms with Crippen LogP contribution in [0.4, 0.5) is 0 Å². The zero-order valence-corrected chi connectivity index (χ0v) is 16.4. The van der Waals surface area contributed by atoms with E-state index >= 15 is 0 Å². The van der Waals surface area contributed by atoms with Gasteiger partial charge in [0.2, 0.25) is 10.0 Å². The number of nitrogens with zero attached hydrogens (tertiary/aromatic N) is 2. The molecule has 2 aromatic rings. The van der Waals surface area contributed by atoms with Gasteiger partial charge in [0.25, 0.3) is 5.91 Å². The molecule has 0 unspecified atom stereocenters. The van der Waals surface area contributed by atoms with Crippen LogP contribution in [0.25, 0.3) is 0 Å². The number of carbonyl (C=O) groups is 1. The van der Waals surface area contributed by atoms with Crippen molar-refractivity contribution in [3.8, 4) is 5.75 Å². The van der Waals surface area contributed by atoms with E-state index in [2.05, 4.69) is 0 Å². The van der Waals surface area contributed by atoms with Crippen LogP contribution in [0, 0.1) is 6.92 Å². The molecule has 1 amide bonds. The number of amides is 1. The third-order valence-electron chi connectivity index (χ3n) is 4.61. The van der Waals surface area contributed by atoms with Gasteiger partial charge in [-0.25, -0.2) is 8.42 Å². The lowest BCUT2D eigenvalue weighted by Gasteiger charge is -2.35. The average Bonchev–Trinajstić information content (AvgIpc) is 2.70. The molecule has 0 bridgehead atoms. The minimum Gasteiger partial charge on any atom is -0.481 e. The third-order valence-corrected chi connectivity index (χ3v) is 6.53. The molecule has 0 aromatic heterocycles. The lowest BCUT2D eigenvalue weighted by atomic mass is 10.2. The molecule has 27 heavy (non-hydrogen) atoms. The van der Waals surface area contributed by atoms with Gasteiger partial charge in [0.05, 0.1) is 4.90 Å². The summed E-state index contributed by atoms with van der Waals surface area (Å²) < 4.78 is 32.5. The molecule has 0 saturated carbocycles. The number of piperazine rings is 1. The highest BCUT2D eigenvalue weighted by Gasteiger charge is 2.31. The van der Waals surface area contributed by atoms with Crippen LogP contribution in [-0.2, 0) is 14.8 Å². The first-order valence-corrected chi connectivity index (χ1v) is 10.4. The van der Waals surface area contributed by atoms with Gasteiger partial charge in [0, 0.05) is 26.2 Å². The number of carbonyl (C=O) groups excluding carboxylic acids is 1. The molecule has 1 fully saturated rings. The van der Waals surface area contributed by atoms with E-state index in [1.807, 2.05) is 31.2 Å². The van der Waals surface area contributed by atoms with E-state index in [4.69, 9.17) is 4.74 Å². The number of ether oxygens (including phenoxy) is 1. The van der Waals surface area contributed by atoms with Gasteiger partial charge in [-0.2, -0.15) is 4.31 Å². The summed E-state index contributed by atoms with van der Waals surface area (Å²) in [6.07, 6.45) is -0.620. The highest BCUT2D eigenvalue weighted by Crippen LogP contribution is 2.19. The molecule has 1 atom stereocenters. The lowest BCUT2D eigenvalue weighted by molar-refractivity contribution is -0.139. The van der Waals surface area contributed by atoms with E-state index in [1.54, 1.807) is 42.2 Å². The van der Waals surface area contributed by atoms with Crippen molar-refractivity contribution in [2.24, 2.45) is 0 Å². The molecular formula is C20H24N2O4S. The van der Waals surface area contributed by atoms with Crippen molar-refractivity contribution in [2.45, 2.75) is 24.8 Å². The number of hydrogen-bond donors (Lipinski definition) is 0. The number of benzene rings is 2. The minimum atomic E-state index is -3.52. The van der Waals surface area contributed by atoms with E-state index in [0.29, 0.717) is 18.8 Å². The van der Waals surface area contributed by atoms with Crippen molar-refractivity contribution in [1.82, 2.24) is 9.21 Å². The van der Waals surface area contributed by atoms with Gasteiger partial charge in [-0.3, -0.25) is 4.79 Å². The van der Waals surface area contributed by atoms with Crippen LogP contribution < -0.4 is 4.74 Å². The first kappa shape index (κ1) is 19.4. The maximum absolute atomic E-state index is 12.7. The fourth-order valence-corrected chi connectivity index (χ4v) is 4.46. The van der Waals surface area contributed by atoms with Crippen LogP contribution in [0.3, 0.4) is 0 Å².